The molecule has 1 saturated heterocycles. The van der Waals surface area contributed by atoms with E-state index in [1.165, 1.54) is 5.56 Å². The highest BCUT2D eigenvalue weighted by molar-refractivity contribution is 6.06. The number of likely N-dealkylation sites (N-methyl/N-ethyl adjacent to an activating group) is 1. The van der Waals surface area contributed by atoms with Crippen LogP contribution in [0, 0.1) is 0 Å². The quantitative estimate of drug-likeness (QED) is 0.853. The fraction of sp³-hybridized carbons (Fsp3) is 0.429. The third-order valence-corrected chi connectivity index (χ3v) is 5.49. The van der Waals surface area contributed by atoms with Crippen LogP contribution >= 0.6 is 0 Å². The van der Waals surface area contributed by atoms with E-state index in [1.807, 2.05) is 35.2 Å². The Hall–Kier alpha value is -2.40. The van der Waals surface area contributed by atoms with Crippen molar-refractivity contribution in [3.63, 3.8) is 0 Å². The van der Waals surface area contributed by atoms with Crippen LogP contribution in [0.2, 0.25) is 0 Å². The largest absolute Gasteiger partial charge is 0.354 e. The fourth-order valence-corrected chi connectivity index (χ4v) is 3.89. The highest BCUT2D eigenvalue weighted by Crippen LogP contribution is 2.28. The molecule has 136 valence electrons. The molecule has 2 aromatic rings. The van der Waals surface area contributed by atoms with Gasteiger partial charge in [-0.2, -0.15) is 0 Å². The first-order valence-corrected chi connectivity index (χ1v) is 9.59. The molecule has 2 aliphatic rings. The van der Waals surface area contributed by atoms with E-state index in [4.69, 9.17) is 0 Å². The molecule has 1 amide bonds. The second-order valence-electron chi connectivity index (χ2n) is 7.02. The third-order valence-electron chi connectivity index (χ3n) is 5.49. The lowest BCUT2D eigenvalue weighted by Crippen LogP contribution is -2.46. The summed E-state index contributed by atoms with van der Waals surface area (Å²) in [5, 5.41) is 0. The molecular formula is C21H26N4O. The summed E-state index contributed by atoms with van der Waals surface area (Å²) in [7, 11) is 0. The van der Waals surface area contributed by atoms with Gasteiger partial charge in [0.1, 0.15) is 5.82 Å². The van der Waals surface area contributed by atoms with Gasteiger partial charge in [-0.15, -0.1) is 0 Å². The monoisotopic (exact) mass is 350 g/mol. The fourth-order valence-electron chi connectivity index (χ4n) is 3.89. The minimum absolute atomic E-state index is 0.0482. The number of anilines is 2. The van der Waals surface area contributed by atoms with Crippen molar-refractivity contribution in [2.45, 2.75) is 19.8 Å². The molecule has 4 rings (SSSR count). The van der Waals surface area contributed by atoms with Crippen molar-refractivity contribution < 1.29 is 4.79 Å². The smallest absolute Gasteiger partial charge is 0.259 e. The Kier molecular flexibility index (Phi) is 4.89. The first kappa shape index (κ1) is 17.0. The summed E-state index contributed by atoms with van der Waals surface area (Å²) < 4.78 is 0. The Morgan fingerprint density at radius 2 is 1.85 bits per heavy atom. The number of para-hydroxylation sites is 1. The number of pyridine rings is 1. The van der Waals surface area contributed by atoms with Crippen LogP contribution < -0.4 is 9.80 Å². The number of benzene rings is 1. The Bertz CT molecular complexity index is 766. The summed E-state index contributed by atoms with van der Waals surface area (Å²) in [6, 6.07) is 12.1. The molecule has 0 atom stereocenters. The highest BCUT2D eigenvalue weighted by atomic mass is 16.2. The van der Waals surface area contributed by atoms with E-state index < -0.39 is 0 Å². The van der Waals surface area contributed by atoms with Crippen LogP contribution in [0.25, 0.3) is 0 Å². The average Bonchev–Trinajstić information content (AvgIpc) is 2.73. The normalized spacial score (nSPS) is 17.9. The molecule has 1 fully saturated rings. The number of fused-ring (bicyclic) bond motifs is 1. The van der Waals surface area contributed by atoms with Gasteiger partial charge >= 0.3 is 0 Å². The Morgan fingerprint density at radius 3 is 2.58 bits per heavy atom. The van der Waals surface area contributed by atoms with Gasteiger partial charge in [0.2, 0.25) is 0 Å². The number of amides is 1. The SMILES string of the molecule is CCN1CCN(c2ccc(C(=O)N3CCCc4ccccc43)cn2)CC1. The predicted octanol–water partition coefficient (Wildman–Crippen LogP) is 2.82. The van der Waals surface area contributed by atoms with Crippen molar-refractivity contribution in [3.05, 3.63) is 53.7 Å². The highest BCUT2D eigenvalue weighted by Gasteiger charge is 2.24. The van der Waals surface area contributed by atoms with E-state index in [9.17, 15) is 4.79 Å². The molecule has 5 nitrogen and oxygen atoms in total. The van der Waals surface area contributed by atoms with Crippen molar-refractivity contribution >= 4 is 17.4 Å². The maximum atomic E-state index is 13.0. The molecule has 0 saturated carbocycles. The zero-order chi connectivity index (χ0) is 17.9. The van der Waals surface area contributed by atoms with Crippen LogP contribution in [0.15, 0.2) is 42.6 Å². The van der Waals surface area contributed by atoms with Gasteiger partial charge in [0.05, 0.1) is 5.56 Å². The Balaban J connectivity index is 1.48. The van der Waals surface area contributed by atoms with E-state index in [-0.39, 0.29) is 5.91 Å². The molecule has 1 aromatic heterocycles. The number of nitrogens with zero attached hydrogens (tertiary/aromatic N) is 4. The van der Waals surface area contributed by atoms with Crippen molar-refractivity contribution in [2.75, 3.05) is 49.1 Å². The number of carbonyl (C=O) groups is 1. The standard InChI is InChI=1S/C21H26N4O/c1-2-23-12-14-24(15-13-23)20-10-9-18(16-22-20)21(26)25-11-5-7-17-6-3-4-8-19(17)25/h3-4,6,8-10,16H,2,5,7,11-15H2,1H3. The van der Waals surface area contributed by atoms with Crippen LogP contribution in [0.3, 0.4) is 0 Å². The summed E-state index contributed by atoms with van der Waals surface area (Å²) >= 11 is 0. The minimum atomic E-state index is 0.0482. The van der Waals surface area contributed by atoms with Crippen LogP contribution in [-0.4, -0.2) is 55.1 Å². The van der Waals surface area contributed by atoms with Gasteiger partial charge < -0.3 is 14.7 Å². The lowest BCUT2D eigenvalue weighted by Gasteiger charge is -2.34. The predicted molar refractivity (Wildman–Crippen MR) is 105 cm³/mol. The van der Waals surface area contributed by atoms with E-state index in [2.05, 4.69) is 27.8 Å². The number of rotatable bonds is 3. The van der Waals surface area contributed by atoms with Crippen molar-refractivity contribution in [1.29, 1.82) is 0 Å². The number of aromatic nitrogens is 1. The number of hydrogen-bond donors (Lipinski definition) is 0. The van der Waals surface area contributed by atoms with Crippen molar-refractivity contribution in [3.8, 4) is 0 Å². The van der Waals surface area contributed by atoms with Gasteiger partial charge in [0.25, 0.3) is 5.91 Å². The summed E-state index contributed by atoms with van der Waals surface area (Å²) in [5.41, 5.74) is 2.96. The van der Waals surface area contributed by atoms with Gasteiger partial charge in [-0.05, 0) is 43.1 Å². The van der Waals surface area contributed by atoms with Crippen LogP contribution in [0.1, 0.15) is 29.3 Å². The zero-order valence-electron chi connectivity index (χ0n) is 15.4. The molecule has 26 heavy (non-hydrogen) atoms. The van der Waals surface area contributed by atoms with Gasteiger partial charge in [0.15, 0.2) is 0 Å². The van der Waals surface area contributed by atoms with E-state index in [0.717, 1.165) is 63.6 Å². The Morgan fingerprint density at radius 1 is 1.04 bits per heavy atom. The number of hydrogen-bond acceptors (Lipinski definition) is 4. The molecule has 0 aliphatic carbocycles. The molecule has 0 bridgehead atoms. The maximum absolute atomic E-state index is 13.0. The molecule has 5 heteroatoms. The minimum Gasteiger partial charge on any atom is -0.354 e. The van der Waals surface area contributed by atoms with Gasteiger partial charge in [0, 0.05) is 44.6 Å². The number of carbonyl (C=O) groups excluding carboxylic acids is 1. The zero-order valence-corrected chi connectivity index (χ0v) is 15.4. The molecule has 0 radical (unpaired) electrons. The van der Waals surface area contributed by atoms with Crippen LogP contribution in [0.5, 0.6) is 0 Å². The van der Waals surface area contributed by atoms with Crippen molar-refractivity contribution in [1.82, 2.24) is 9.88 Å². The number of aryl methyl sites for hydroxylation is 1. The summed E-state index contributed by atoms with van der Waals surface area (Å²) in [6.45, 7) is 8.21. The van der Waals surface area contributed by atoms with Gasteiger partial charge in [-0.3, -0.25) is 4.79 Å². The number of piperazine rings is 1. The van der Waals surface area contributed by atoms with Crippen LogP contribution in [-0.2, 0) is 6.42 Å². The van der Waals surface area contributed by atoms with Gasteiger partial charge in [-0.1, -0.05) is 25.1 Å². The first-order valence-electron chi connectivity index (χ1n) is 9.59. The van der Waals surface area contributed by atoms with Crippen molar-refractivity contribution in [2.24, 2.45) is 0 Å². The molecule has 3 heterocycles. The molecule has 0 N–H and O–H groups in total. The maximum Gasteiger partial charge on any atom is 0.259 e. The van der Waals surface area contributed by atoms with Gasteiger partial charge in [-0.25, -0.2) is 4.98 Å². The second kappa shape index (κ2) is 7.46. The molecule has 1 aromatic carbocycles. The summed E-state index contributed by atoms with van der Waals surface area (Å²) in [4.78, 5) is 24.2. The average molecular weight is 350 g/mol. The molecule has 2 aliphatic heterocycles. The van der Waals surface area contributed by atoms with E-state index in [0.29, 0.717) is 5.56 Å². The lowest BCUT2D eigenvalue weighted by molar-refractivity contribution is 0.0985. The molecular weight excluding hydrogens is 324 g/mol. The topological polar surface area (TPSA) is 39.7 Å². The third kappa shape index (κ3) is 3.31. The lowest BCUT2D eigenvalue weighted by atomic mass is 10.0. The molecule has 0 unspecified atom stereocenters. The second-order valence-corrected chi connectivity index (χ2v) is 7.02. The van der Waals surface area contributed by atoms with Crippen LogP contribution in [0.4, 0.5) is 11.5 Å². The Labute approximate surface area is 155 Å². The molecule has 0 spiro atoms. The van der Waals surface area contributed by atoms with E-state index >= 15 is 0 Å². The first-order chi connectivity index (χ1) is 12.8. The summed E-state index contributed by atoms with van der Waals surface area (Å²) in [5.74, 6) is 1.02. The summed E-state index contributed by atoms with van der Waals surface area (Å²) in [6.07, 6.45) is 3.79. The van der Waals surface area contributed by atoms with E-state index in [1.54, 1.807) is 6.20 Å².